The van der Waals surface area contributed by atoms with E-state index in [9.17, 15) is 26.7 Å². The molecule has 33 heavy (non-hydrogen) atoms. The maximum Gasteiger partial charge on any atom is 0.414 e. The lowest BCUT2D eigenvalue weighted by molar-refractivity contribution is -0.239. The number of sulfone groups is 1. The third-order valence-electron chi connectivity index (χ3n) is 6.88. The number of rotatable bonds is 7. The maximum atomic E-state index is 13.7. The van der Waals surface area contributed by atoms with Crippen LogP contribution in [0.4, 0.5) is 13.2 Å². The minimum absolute atomic E-state index is 0.0880. The van der Waals surface area contributed by atoms with E-state index in [1.807, 2.05) is 30.9 Å². The van der Waals surface area contributed by atoms with Gasteiger partial charge >= 0.3 is 6.18 Å². The highest BCUT2D eigenvalue weighted by atomic mass is 35.5. The van der Waals surface area contributed by atoms with Crippen molar-refractivity contribution in [2.45, 2.75) is 55.8 Å². The van der Waals surface area contributed by atoms with Crippen LogP contribution in [0, 0.1) is 5.41 Å². The average Bonchev–Trinajstić information content (AvgIpc) is 3.17. The van der Waals surface area contributed by atoms with Crippen molar-refractivity contribution in [2.24, 2.45) is 5.41 Å². The van der Waals surface area contributed by atoms with E-state index in [1.54, 1.807) is 24.3 Å². The molecule has 9 heteroatoms. The number of hydrogen-bond donors (Lipinski definition) is 1. The Hall–Kier alpha value is -1.61. The van der Waals surface area contributed by atoms with E-state index in [2.05, 4.69) is 0 Å². The number of alkyl halides is 3. The van der Waals surface area contributed by atoms with Gasteiger partial charge in [-0.1, -0.05) is 35.9 Å². The van der Waals surface area contributed by atoms with E-state index in [0.717, 1.165) is 17.4 Å². The van der Waals surface area contributed by atoms with Crippen molar-refractivity contribution in [3.63, 3.8) is 0 Å². The minimum Gasteiger partial charge on any atom is -0.383 e. The zero-order chi connectivity index (χ0) is 24.7. The van der Waals surface area contributed by atoms with Crippen molar-refractivity contribution in [1.82, 2.24) is 4.90 Å². The van der Waals surface area contributed by atoms with E-state index in [-0.39, 0.29) is 24.3 Å². The molecule has 1 unspecified atom stereocenters. The van der Waals surface area contributed by atoms with Gasteiger partial charge in [0.05, 0.1) is 4.90 Å². The maximum absolute atomic E-state index is 13.7. The van der Waals surface area contributed by atoms with Crippen LogP contribution < -0.4 is 0 Å². The summed E-state index contributed by atoms with van der Waals surface area (Å²) in [6.07, 6.45) is -5.46. The summed E-state index contributed by atoms with van der Waals surface area (Å²) in [5.74, 6) is 0. The molecule has 3 rings (SSSR count). The summed E-state index contributed by atoms with van der Waals surface area (Å²) in [7, 11) is -3.35. The fourth-order valence-corrected chi connectivity index (χ4v) is 5.38. The summed E-state index contributed by atoms with van der Waals surface area (Å²) in [5.41, 5.74) is -0.251. The molecule has 2 aromatic carbocycles. The van der Waals surface area contributed by atoms with Gasteiger partial charge in [0.15, 0.2) is 15.9 Å². The highest BCUT2D eigenvalue weighted by molar-refractivity contribution is 7.90. The smallest absolute Gasteiger partial charge is 0.383 e. The Kier molecular flexibility index (Phi) is 7.26. The molecule has 0 radical (unpaired) electrons. The summed E-state index contributed by atoms with van der Waals surface area (Å²) >= 11 is 5.99. The predicted molar refractivity (Wildman–Crippen MR) is 123 cm³/mol. The van der Waals surface area contributed by atoms with Crippen LogP contribution in [0.2, 0.25) is 5.02 Å². The number of nitrogens with zero attached hydrogens (tertiary/aromatic N) is 1. The molecule has 2 aromatic rings. The summed E-state index contributed by atoms with van der Waals surface area (Å²) in [5, 5.41) is 11.0. The Morgan fingerprint density at radius 1 is 1.09 bits per heavy atom. The zero-order valence-electron chi connectivity index (χ0n) is 18.9. The Bertz CT molecular complexity index is 1070. The summed E-state index contributed by atoms with van der Waals surface area (Å²) < 4.78 is 64.4. The average molecular weight is 504 g/mol. The van der Waals surface area contributed by atoms with Crippen LogP contribution in [-0.4, -0.2) is 50.0 Å². The van der Waals surface area contributed by atoms with E-state index in [4.69, 9.17) is 11.6 Å². The number of hydrogen-bond acceptors (Lipinski definition) is 4. The van der Waals surface area contributed by atoms with Crippen molar-refractivity contribution in [3.05, 3.63) is 64.7 Å². The topological polar surface area (TPSA) is 57.6 Å². The number of aliphatic hydroxyl groups is 1. The summed E-state index contributed by atoms with van der Waals surface area (Å²) in [6.45, 7) is 4.41. The van der Waals surface area contributed by atoms with Crippen molar-refractivity contribution in [1.29, 1.82) is 0 Å². The van der Waals surface area contributed by atoms with Gasteiger partial charge < -0.3 is 5.11 Å². The fourth-order valence-electron chi connectivity index (χ4n) is 4.62. The Balaban J connectivity index is 1.84. The first-order valence-corrected chi connectivity index (χ1v) is 13.0. The van der Waals surface area contributed by atoms with Crippen molar-refractivity contribution in [2.75, 3.05) is 19.3 Å². The van der Waals surface area contributed by atoms with Gasteiger partial charge in [-0.25, -0.2) is 8.42 Å². The molecule has 1 fully saturated rings. The van der Waals surface area contributed by atoms with E-state index >= 15 is 0 Å². The predicted octanol–water partition coefficient (Wildman–Crippen LogP) is 5.23. The number of likely N-dealkylation sites (tertiary alicyclic amines) is 1. The van der Waals surface area contributed by atoms with Crippen LogP contribution in [0.1, 0.15) is 37.8 Å². The van der Waals surface area contributed by atoms with Gasteiger partial charge in [-0.2, -0.15) is 13.2 Å². The van der Waals surface area contributed by atoms with Crippen LogP contribution in [-0.2, 0) is 21.8 Å². The van der Waals surface area contributed by atoms with Crippen molar-refractivity contribution < 1.29 is 26.7 Å². The van der Waals surface area contributed by atoms with Gasteiger partial charge in [-0.3, -0.25) is 4.90 Å². The first-order chi connectivity index (χ1) is 15.1. The first kappa shape index (κ1) is 26.0. The fraction of sp³-hybridized carbons (Fsp3) is 0.500. The highest BCUT2D eigenvalue weighted by Gasteiger charge is 2.56. The normalized spacial score (nSPS) is 21.3. The van der Waals surface area contributed by atoms with Gasteiger partial charge in [-0.15, -0.1) is 0 Å². The summed E-state index contributed by atoms with van der Waals surface area (Å²) in [4.78, 5) is 2.14. The molecule has 0 aliphatic carbocycles. The lowest BCUT2D eigenvalue weighted by Gasteiger charge is -2.40. The van der Waals surface area contributed by atoms with Crippen molar-refractivity contribution >= 4 is 21.4 Å². The molecular formula is C24H29ClF3NO3S. The highest BCUT2D eigenvalue weighted by Crippen LogP contribution is 2.47. The molecule has 1 aliphatic rings. The third-order valence-corrected chi connectivity index (χ3v) is 8.26. The van der Waals surface area contributed by atoms with E-state index in [0.29, 0.717) is 18.0 Å². The SMILES string of the molecule is CC(C)(c1ccc(Cl)cc1)N1CC[C@@](CCc2ccc(S(C)(=O)=O)cc2)(C(O)C(F)(F)F)C1. The van der Waals surface area contributed by atoms with Crippen LogP contribution in [0.5, 0.6) is 0 Å². The molecule has 2 atom stereocenters. The standard InChI is InChI=1S/C24H29ClF3NO3S/c1-22(2,18-6-8-19(25)9-7-18)29-15-14-23(16-29,21(30)24(26,27)28)13-12-17-4-10-20(11-5-17)33(3,31)32/h4-11,21,30H,12-16H2,1-3H3/t21?,23-/m1/s1. The van der Waals surface area contributed by atoms with Crippen LogP contribution in [0.15, 0.2) is 53.4 Å². The molecule has 1 aliphatic heterocycles. The molecule has 1 N–H and O–H groups in total. The molecule has 0 amide bonds. The molecule has 1 heterocycles. The van der Waals surface area contributed by atoms with Crippen LogP contribution >= 0.6 is 11.6 Å². The molecule has 0 saturated carbocycles. The molecule has 4 nitrogen and oxygen atoms in total. The number of benzene rings is 2. The Morgan fingerprint density at radius 2 is 1.67 bits per heavy atom. The molecule has 0 spiro atoms. The quantitative estimate of drug-likeness (QED) is 0.562. The van der Waals surface area contributed by atoms with Gasteiger partial charge in [0.25, 0.3) is 0 Å². The van der Waals surface area contributed by atoms with E-state index in [1.165, 1.54) is 12.1 Å². The molecule has 0 bridgehead atoms. The molecule has 182 valence electrons. The number of aryl methyl sites for hydroxylation is 1. The second-order valence-corrected chi connectivity index (χ2v) is 11.9. The lowest BCUT2D eigenvalue weighted by atomic mass is 9.75. The second-order valence-electron chi connectivity index (χ2n) is 9.46. The third kappa shape index (κ3) is 5.73. The van der Waals surface area contributed by atoms with Crippen molar-refractivity contribution in [3.8, 4) is 0 Å². The molecule has 0 aromatic heterocycles. The monoisotopic (exact) mass is 503 g/mol. The first-order valence-electron chi connectivity index (χ1n) is 10.7. The van der Waals surface area contributed by atoms with Gasteiger partial charge in [0.2, 0.25) is 0 Å². The molecular weight excluding hydrogens is 475 g/mol. The van der Waals surface area contributed by atoms with Gasteiger partial charge in [0, 0.05) is 28.8 Å². The molecule has 1 saturated heterocycles. The van der Waals surface area contributed by atoms with Crippen LogP contribution in [0.25, 0.3) is 0 Å². The minimum atomic E-state index is -4.74. The summed E-state index contributed by atoms with van der Waals surface area (Å²) in [6, 6.07) is 13.4. The van der Waals surface area contributed by atoms with Crippen LogP contribution in [0.3, 0.4) is 0 Å². The lowest BCUT2D eigenvalue weighted by Crippen LogP contribution is -2.49. The zero-order valence-corrected chi connectivity index (χ0v) is 20.4. The number of aliphatic hydroxyl groups excluding tert-OH is 1. The van der Waals surface area contributed by atoms with Gasteiger partial charge in [0.1, 0.15) is 0 Å². The Labute approximate surface area is 198 Å². The second kappa shape index (κ2) is 9.21. The Morgan fingerprint density at radius 3 is 2.18 bits per heavy atom. The largest absolute Gasteiger partial charge is 0.414 e. The van der Waals surface area contributed by atoms with Gasteiger partial charge in [-0.05, 0) is 75.0 Å². The van der Waals surface area contributed by atoms with E-state index < -0.39 is 33.1 Å². The number of halogens is 4.